The van der Waals surface area contributed by atoms with Gasteiger partial charge in [0.25, 0.3) is 11.8 Å². The summed E-state index contributed by atoms with van der Waals surface area (Å²) in [5.74, 6) is -1.57. The molecule has 1 atom stereocenters. The third-order valence-electron chi connectivity index (χ3n) is 17.0. The van der Waals surface area contributed by atoms with Crippen LogP contribution in [0.4, 0.5) is 39.5 Å². The molecule has 0 saturated heterocycles. The molecular weight excluding hydrogens is 1160 g/mol. The van der Waals surface area contributed by atoms with E-state index in [0.717, 1.165) is 112 Å². The zero-order chi connectivity index (χ0) is 63.2. The van der Waals surface area contributed by atoms with Crippen LogP contribution in [0.15, 0.2) is 128 Å². The fraction of sp³-hybridized carbons (Fsp3) is 0.409. The summed E-state index contributed by atoms with van der Waals surface area (Å²) in [5.41, 5.74) is 5.98. The Balaban J connectivity index is 0.000000222. The number of hydrogen-bond acceptors (Lipinski definition) is 6. The van der Waals surface area contributed by atoms with Crippen molar-refractivity contribution in [1.29, 1.82) is 0 Å². The number of carboxylic acids is 1. The standard InChI is InChI=1S/C35H35F3N2O3.C27H27F3N2O3.C2HF3O.C2H6.H2S/c1-3-40-21-29(31-25(10-7-11-30(31)40)16-23-12-14-27(15-13-23)35(36,37)38)32(41)39-28-19-34(20-28)17-26(18-34)33(42)43-22(2)24-8-5-4-6-9-24;1-2-32-15-21(24(33)31-20-13-26(14-20)11-18(12-26)25(34)35)23-17(4-3-5-22(23)32)10-16-6-8-19(9-7-16)27(28,29)30;3-2(4,5)1-6;1-2;/h4-15,21-22,26,28H,3,16-20H2,1-2H3,(H,39,41);3-9,15,18,20H,2,10-14H2,1H3,(H,31,33)(H,34,35);1H;1-2H3;1H2/t22-,26?,28?,34?;;;;/m0..../s1/i;;;1D;. The summed E-state index contributed by atoms with van der Waals surface area (Å²) in [7, 11) is 0. The van der Waals surface area contributed by atoms with E-state index in [9.17, 15) is 58.7 Å². The maximum absolute atomic E-state index is 13.6. The molecular formula is C66H71F9N4O7S. The molecule has 0 unspecified atom stereocenters. The monoisotopic (exact) mass is 1240 g/mol. The second kappa shape index (κ2) is 27.2. The van der Waals surface area contributed by atoms with Gasteiger partial charge in [0.15, 0.2) is 0 Å². The molecule has 5 aromatic carbocycles. The molecule has 466 valence electrons. The van der Waals surface area contributed by atoms with Crippen molar-refractivity contribution in [2.24, 2.45) is 22.7 Å². The van der Waals surface area contributed by atoms with Crippen LogP contribution in [0, 0.1) is 22.7 Å². The summed E-state index contributed by atoms with van der Waals surface area (Å²) < 4.78 is 125. The number of carboxylic acid groups (broad SMARTS) is 1. The molecule has 11 rings (SSSR count). The molecule has 2 amide bonds. The number of aliphatic carboxylic acids is 1. The van der Waals surface area contributed by atoms with Gasteiger partial charge in [-0.3, -0.25) is 24.0 Å². The number of aromatic nitrogens is 2. The number of benzene rings is 5. The normalized spacial score (nSPS) is 21.4. The van der Waals surface area contributed by atoms with Crippen LogP contribution in [0.2, 0.25) is 0 Å². The van der Waals surface area contributed by atoms with Gasteiger partial charge in [-0.2, -0.15) is 53.0 Å². The van der Waals surface area contributed by atoms with Gasteiger partial charge in [-0.1, -0.05) is 92.7 Å². The first kappa shape index (κ1) is 65.4. The van der Waals surface area contributed by atoms with E-state index < -0.39 is 41.9 Å². The summed E-state index contributed by atoms with van der Waals surface area (Å²) in [5, 5.41) is 17.1. The van der Waals surface area contributed by atoms with Gasteiger partial charge in [0.1, 0.15) is 6.10 Å². The molecule has 4 aliphatic carbocycles. The average molecular weight is 1240 g/mol. The Kier molecular flexibility index (Phi) is 20.5. The molecule has 4 saturated carbocycles. The summed E-state index contributed by atoms with van der Waals surface area (Å²) in [6.45, 7) is 9.55. The highest BCUT2D eigenvalue weighted by molar-refractivity contribution is 7.59. The van der Waals surface area contributed by atoms with Crippen molar-refractivity contribution in [3.8, 4) is 0 Å². The predicted molar refractivity (Wildman–Crippen MR) is 317 cm³/mol. The fourth-order valence-corrected chi connectivity index (χ4v) is 12.8. The number of rotatable bonds is 14. The molecule has 0 bridgehead atoms. The number of carbonyl (C=O) groups excluding carboxylic acids is 4. The van der Waals surface area contributed by atoms with Crippen LogP contribution in [0.1, 0.15) is 153 Å². The highest BCUT2D eigenvalue weighted by atomic mass is 32.1. The first-order chi connectivity index (χ1) is 41.1. The lowest BCUT2D eigenvalue weighted by molar-refractivity contribution is -0.167. The second-order valence-corrected chi connectivity index (χ2v) is 22.9. The van der Waals surface area contributed by atoms with Crippen molar-refractivity contribution < 1.29 is 74.7 Å². The molecule has 2 heterocycles. The maximum atomic E-state index is 13.6. The summed E-state index contributed by atoms with van der Waals surface area (Å²) in [6, 6.07) is 31.7. The van der Waals surface area contributed by atoms with Gasteiger partial charge in [0.05, 0.1) is 34.1 Å². The fourth-order valence-electron chi connectivity index (χ4n) is 12.8. The van der Waals surface area contributed by atoms with Gasteiger partial charge in [-0.05, 0) is 160 Å². The Morgan fingerprint density at radius 3 is 1.34 bits per heavy atom. The van der Waals surface area contributed by atoms with Gasteiger partial charge in [-0.15, -0.1) is 0 Å². The van der Waals surface area contributed by atoms with Crippen LogP contribution in [0.3, 0.4) is 0 Å². The predicted octanol–water partition coefficient (Wildman–Crippen LogP) is 15.4. The number of nitrogens with one attached hydrogen (secondary N) is 2. The Hall–Kier alpha value is -7.55. The van der Waals surface area contributed by atoms with Crippen LogP contribution < -0.4 is 10.6 Å². The van der Waals surface area contributed by atoms with Gasteiger partial charge < -0.3 is 29.6 Å². The number of aldehydes is 1. The van der Waals surface area contributed by atoms with Crippen LogP contribution >= 0.6 is 13.5 Å². The third-order valence-corrected chi connectivity index (χ3v) is 17.0. The molecule has 87 heavy (non-hydrogen) atoms. The zero-order valence-corrected chi connectivity index (χ0v) is 49.5. The lowest BCUT2D eigenvalue weighted by Gasteiger charge is -2.57. The molecule has 7 aromatic rings. The third kappa shape index (κ3) is 15.6. The van der Waals surface area contributed by atoms with Crippen LogP contribution in [0.5, 0.6) is 0 Å². The highest BCUT2D eigenvalue weighted by Gasteiger charge is 2.56. The van der Waals surface area contributed by atoms with Crippen LogP contribution in [-0.4, -0.2) is 62.5 Å². The first-order valence-corrected chi connectivity index (χ1v) is 28.6. The topological polar surface area (TPSA) is 149 Å². The molecule has 4 fully saturated rings. The smallest absolute Gasteiger partial charge is 0.446 e. The number of carbonyl (C=O) groups is 5. The van der Waals surface area contributed by atoms with Crippen molar-refractivity contribution in [1.82, 2.24) is 19.8 Å². The number of alkyl halides is 9. The molecule has 0 radical (unpaired) electrons. The van der Waals surface area contributed by atoms with Crippen LogP contribution in [-0.2, 0) is 57.4 Å². The molecule has 4 aliphatic rings. The number of aryl methyl sites for hydroxylation is 2. The molecule has 2 spiro atoms. The quantitative estimate of drug-likeness (QED) is 0.0558. The Morgan fingerprint density at radius 2 is 1.00 bits per heavy atom. The minimum absolute atomic E-state index is 0. The van der Waals surface area contributed by atoms with Crippen molar-refractivity contribution in [3.63, 3.8) is 0 Å². The number of ether oxygens (including phenoxy) is 1. The summed E-state index contributed by atoms with van der Waals surface area (Å²) in [4.78, 5) is 59.4. The van der Waals surface area contributed by atoms with E-state index in [1.54, 1.807) is 6.92 Å². The largest absolute Gasteiger partial charge is 0.481 e. The first-order valence-electron chi connectivity index (χ1n) is 29.3. The molecule has 0 aliphatic heterocycles. The van der Waals surface area contributed by atoms with Crippen molar-refractivity contribution >= 4 is 65.3 Å². The highest BCUT2D eigenvalue weighted by Crippen LogP contribution is 2.60. The zero-order valence-electron chi connectivity index (χ0n) is 49.5. The maximum Gasteiger partial charge on any atom is 0.446 e. The molecule has 2 aromatic heterocycles. The SMILES string of the molecule is CCn1cc(C(=O)NC2CC3(C2)CC(C(=O)O)C3)c2c(Cc3ccc(C(F)(F)F)cc3)cccc21.CCn1cc(C(=O)NC2CC3(C2)CC(C(=O)O[C@@H](C)c2ccccc2)C3)c2c(Cc3ccc(C(F)(F)F)cc3)cccc21.O=CC(F)(F)F.S.[2H]CC. The Morgan fingerprint density at radius 1 is 0.621 bits per heavy atom. The summed E-state index contributed by atoms with van der Waals surface area (Å²) in [6.07, 6.45) is -4.01. The van der Waals surface area contributed by atoms with Gasteiger partial charge in [0.2, 0.25) is 6.29 Å². The van der Waals surface area contributed by atoms with Gasteiger partial charge in [-0.25, -0.2) is 0 Å². The van der Waals surface area contributed by atoms with Gasteiger partial charge >= 0.3 is 30.5 Å². The number of amides is 2. The number of fused-ring (bicyclic) bond motifs is 2. The molecule has 11 nitrogen and oxygen atoms in total. The number of halogens is 9. The van der Waals surface area contributed by atoms with E-state index in [1.807, 2.05) is 109 Å². The minimum Gasteiger partial charge on any atom is -0.481 e. The lowest BCUT2D eigenvalue weighted by Crippen LogP contribution is -2.57. The van der Waals surface area contributed by atoms with Gasteiger partial charge in [0, 0.05) is 60.7 Å². The Labute approximate surface area is 506 Å². The van der Waals surface area contributed by atoms with E-state index in [2.05, 4.69) is 10.6 Å². The number of hydrogen-bond donors (Lipinski definition) is 3. The van der Waals surface area contributed by atoms with E-state index in [0.29, 0.717) is 56.8 Å². The van der Waals surface area contributed by atoms with E-state index in [4.69, 9.17) is 16.0 Å². The molecule has 3 N–H and O–H groups in total. The lowest BCUT2D eigenvalue weighted by atomic mass is 9.50. The Bertz CT molecular complexity index is 3560. The molecule has 21 heteroatoms. The van der Waals surface area contributed by atoms with Crippen LogP contribution in [0.25, 0.3) is 21.8 Å². The van der Waals surface area contributed by atoms with Crippen molar-refractivity contribution in [3.05, 3.63) is 178 Å². The van der Waals surface area contributed by atoms with E-state index in [-0.39, 0.29) is 72.1 Å². The number of nitrogens with zero attached hydrogens (tertiary/aromatic N) is 2. The number of esters is 1. The second-order valence-electron chi connectivity index (χ2n) is 22.9. The van der Waals surface area contributed by atoms with E-state index >= 15 is 0 Å². The van der Waals surface area contributed by atoms with Crippen molar-refractivity contribution in [2.45, 2.75) is 149 Å². The van der Waals surface area contributed by atoms with Crippen molar-refractivity contribution in [2.75, 3.05) is 0 Å². The summed E-state index contributed by atoms with van der Waals surface area (Å²) >= 11 is 0. The van der Waals surface area contributed by atoms with E-state index in [1.165, 1.54) is 24.3 Å². The average Bonchev–Trinajstić information content (AvgIpc) is 1.50. The minimum atomic E-state index is -4.64.